The molecule has 106 valence electrons. The van der Waals surface area contributed by atoms with Crippen LogP contribution in [0.4, 0.5) is 0 Å². The summed E-state index contributed by atoms with van der Waals surface area (Å²) in [6.07, 6.45) is 0.152. The van der Waals surface area contributed by atoms with E-state index in [1.165, 1.54) is 0 Å². The van der Waals surface area contributed by atoms with Crippen molar-refractivity contribution in [2.24, 2.45) is 11.8 Å². The van der Waals surface area contributed by atoms with Gasteiger partial charge in [-0.05, 0) is 12.1 Å². The van der Waals surface area contributed by atoms with Crippen molar-refractivity contribution >= 4 is 11.9 Å². The van der Waals surface area contributed by atoms with Crippen LogP contribution in [0.25, 0.3) is 0 Å². The third kappa shape index (κ3) is 2.29. The molecule has 1 aliphatic carbocycles. The van der Waals surface area contributed by atoms with Gasteiger partial charge < -0.3 is 14.6 Å². The van der Waals surface area contributed by atoms with Gasteiger partial charge in [-0.25, -0.2) is 4.79 Å². The summed E-state index contributed by atoms with van der Waals surface area (Å²) in [5.41, 5.74) is 0.484. The Morgan fingerprint density at radius 1 is 1.35 bits per heavy atom. The first-order chi connectivity index (χ1) is 9.69. The Morgan fingerprint density at radius 2 is 2.10 bits per heavy atom. The van der Waals surface area contributed by atoms with Crippen molar-refractivity contribution in [3.8, 4) is 0 Å². The zero-order chi connectivity index (χ0) is 14.1. The monoisotopic (exact) mass is 276 g/mol. The number of carbonyl (C=O) groups excluding carboxylic acids is 2. The Labute approximate surface area is 116 Å². The third-order valence-electron chi connectivity index (χ3n) is 4.13. The van der Waals surface area contributed by atoms with Gasteiger partial charge in [-0.1, -0.05) is 18.2 Å². The molecule has 1 aliphatic heterocycles. The predicted molar refractivity (Wildman–Crippen MR) is 68.8 cm³/mol. The number of aliphatic hydroxyl groups is 1. The van der Waals surface area contributed by atoms with Gasteiger partial charge in [0.15, 0.2) is 0 Å². The summed E-state index contributed by atoms with van der Waals surface area (Å²) in [5.74, 6) is -0.896. The average molecular weight is 276 g/mol. The number of aliphatic hydroxyl groups excluding tert-OH is 1. The molecule has 0 amide bonds. The first kappa shape index (κ1) is 13.1. The lowest BCUT2D eigenvalue weighted by atomic mass is 9.93. The number of benzene rings is 1. The lowest BCUT2D eigenvalue weighted by Gasteiger charge is -2.20. The highest BCUT2D eigenvalue weighted by Gasteiger charge is 2.51. The van der Waals surface area contributed by atoms with Crippen molar-refractivity contribution in [2.45, 2.75) is 25.0 Å². The second kappa shape index (κ2) is 5.25. The molecule has 0 bridgehead atoms. The molecule has 4 atom stereocenters. The highest BCUT2D eigenvalue weighted by Crippen LogP contribution is 2.42. The molecular formula is C15H16O5. The molecule has 2 unspecified atom stereocenters. The quantitative estimate of drug-likeness (QED) is 0.839. The zero-order valence-corrected chi connectivity index (χ0v) is 10.9. The molecule has 1 N–H and O–H groups in total. The Kier molecular flexibility index (Phi) is 3.44. The molecule has 0 radical (unpaired) electrons. The standard InChI is InChI=1S/C15H16O5/c16-8-11-10-6-14(17)19-12(10)7-13(11)20-15(18)9-4-2-1-3-5-9/h1-5,10-13,16H,6-8H2/t10-,11?,12+,13?/m0/s1. The highest BCUT2D eigenvalue weighted by atomic mass is 16.6. The molecule has 1 aromatic carbocycles. The van der Waals surface area contributed by atoms with E-state index in [1.54, 1.807) is 24.3 Å². The maximum absolute atomic E-state index is 12.0. The second-order valence-electron chi connectivity index (χ2n) is 5.29. The van der Waals surface area contributed by atoms with Crippen molar-refractivity contribution in [1.29, 1.82) is 0 Å². The van der Waals surface area contributed by atoms with E-state index in [9.17, 15) is 14.7 Å². The minimum atomic E-state index is -0.402. The molecule has 1 heterocycles. The summed E-state index contributed by atoms with van der Waals surface area (Å²) in [5, 5.41) is 9.50. The highest BCUT2D eigenvalue weighted by molar-refractivity contribution is 5.89. The van der Waals surface area contributed by atoms with E-state index in [2.05, 4.69) is 0 Å². The van der Waals surface area contributed by atoms with Crippen molar-refractivity contribution in [1.82, 2.24) is 0 Å². The fraction of sp³-hybridized carbons (Fsp3) is 0.467. The van der Waals surface area contributed by atoms with Crippen molar-refractivity contribution in [3.05, 3.63) is 35.9 Å². The van der Waals surface area contributed by atoms with E-state index >= 15 is 0 Å². The Morgan fingerprint density at radius 3 is 2.80 bits per heavy atom. The van der Waals surface area contributed by atoms with Crippen LogP contribution in [-0.4, -0.2) is 35.9 Å². The summed E-state index contributed by atoms with van der Waals surface area (Å²) in [7, 11) is 0. The van der Waals surface area contributed by atoms with E-state index in [-0.39, 0.29) is 30.5 Å². The van der Waals surface area contributed by atoms with Crippen LogP contribution in [0.5, 0.6) is 0 Å². The third-order valence-corrected chi connectivity index (χ3v) is 4.13. The minimum absolute atomic E-state index is 0.0407. The van der Waals surface area contributed by atoms with Crippen LogP contribution < -0.4 is 0 Å². The Balaban J connectivity index is 1.69. The maximum atomic E-state index is 12.0. The maximum Gasteiger partial charge on any atom is 0.338 e. The number of rotatable bonds is 3. The molecular weight excluding hydrogens is 260 g/mol. The van der Waals surface area contributed by atoms with Crippen molar-refractivity contribution in [2.75, 3.05) is 6.61 Å². The van der Waals surface area contributed by atoms with Crippen molar-refractivity contribution in [3.63, 3.8) is 0 Å². The van der Waals surface area contributed by atoms with Crippen LogP contribution in [0.2, 0.25) is 0 Å². The van der Waals surface area contributed by atoms with E-state index in [4.69, 9.17) is 9.47 Å². The number of hydrogen-bond acceptors (Lipinski definition) is 5. The van der Waals surface area contributed by atoms with E-state index in [1.807, 2.05) is 6.07 Å². The van der Waals surface area contributed by atoms with Gasteiger partial charge in [0.1, 0.15) is 12.2 Å². The average Bonchev–Trinajstić information content (AvgIpc) is 2.95. The Hall–Kier alpha value is -1.88. The largest absolute Gasteiger partial charge is 0.462 e. The molecule has 1 aromatic rings. The van der Waals surface area contributed by atoms with Crippen LogP contribution in [0.3, 0.4) is 0 Å². The molecule has 20 heavy (non-hydrogen) atoms. The van der Waals surface area contributed by atoms with E-state index in [0.717, 1.165) is 0 Å². The molecule has 5 nitrogen and oxygen atoms in total. The number of hydrogen-bond donors (Lipinski definition) is 1. The van der Waals surface area contributed by atoms with Crippen LogP contribution in [0, 0.1) is 11.8 Å². The van der Waals surface area contributed by atoms with Gasteiger partial charge in [-0.2, -0.15) is 0 Å². The Bertz CT molecular complexity index is 512. The van der Waals surface area contributed by atoms with E-state index in [0.29, 0.717) is 18.4 Å². The van der Waals surface area contributed by atoms with Crippen LogP contribution in [-0.2, 0) is 14.3 Å². The number of ether oxygens (including phenoxy) is 2. The number of fused-ring (bicyclic) bond motifs is 1. The number of esters is 2. The lowest BCUT2D eigenvalue weighted by molar-refractivity contribution is -0.141. The normalized spacial score (nSPS) is 31.8. The summed E-state index contributed by atoms with van der Waals surface area (Å²) in [4.78, 5) is 23.3. The fourth-order valence-electron chi connectivity index (χ4n) is 3.13. The van der Waals surface area contributed by atoms with Gasteiger partial charge in [-0.3, -0.25) is 4.79 Å². The van der Waals surface area contributed by atoms with Crippen LogP contribution >= 0.6 is 0 Å². The van der Waals surface area contributed by atoms with Crippen LogP contribution in [0.1, 0.15) is 23.2 Å². The molecule has 2 aliphatic rings. The fourth-order valence-corrected chi connectivity index (χ4v) is 3.13. The first-order valence-electron chi connectivity index (χ1n) is 6.75. The summed E-state index contributed by atoms with van der Waals surface area (Å²) in [6.45, 7) is -0.107. The van der Waals surface area contributed by atoms with Gasteiger partial charge in [0.05, 0.1) is 12.0 Å². The van der Waals surface area contributed by atoms with Crippen molar-refractivity contribution < 1.29 is 24.2 Å². The SMILES string of the molecule is O=C1C[C@H]2C(CO)C(OC(=O)c3ccccc3)C[C@H]2O1. The van der Waals surface area contributed by atoms with Gasteiger partial charge in [0.25, 0.3) is 0 Å². The molecule has 0 spiro atoms. The smallest absolute Gasteiger partial charge is 0.338 e. The molecule has 1 saturated heterocycles. The summed E-state index contributed by atoms with van der Waals surface area (Å²) < 4.78 is 10.7. The summed E-state index contributed by atoms with van der Waals surface area (Å²) in [6, 6.07) is 8.74. The topological polar surface area (TPSA) is 72.8 Å². The molecule has 2 fully saturated rings. The van der Waals surface area contributed by atoms with Gasteiger partial charge in [0, 0.05) is 24.9 Å². The van der Waals surface area contributed by atoms with E-state index < -0.39 is 12.1 Å². The lowest BCUT2D eigenvalue weighted by Crippen LogP contribution is -2.28. The number of carbonyl (C=O) groups is 2. The molecule has 5 heteroatoms. The van der Waals surface area contributed by atoms with Gasteiger partial charge in [-0.15, -0.1) is 0 Å². The molecule has 3 rings (SSSR count). The van der Waals surface area contributed by atoms with Gasteiger partial charge in [0.2, 0.25) is 0 Å². The minimum Gasteiger partial charge on any atom is -0.462 e. The van der Waals surface area contributed by atoms with Crippen LogP contribution in [0.15, 0.2) is 30.3 Å². The van der Waals surface area contributed by atoms with Gasteiger partial charge >= 0.3 is 11.9 Å². The first-order valence-corrected chi connectivity index (χ1v) is 6.75. The predicted octanol–water partition coefficient (Wildman–Crippen LogP) is 1.16. The molecule has 1 saturated carbocycles. The molecule has 0 aromatic heterocycles. The second-order valence-corrected chi connectivity index (χ2v) is 5.29. The summed E-state index contributed by atoms with van der Waals surface area (Å²) >= 11 is 0. The zero-order valence-electron chi connectivity index (χ0n) is 10.9.